The molecule has 0 atom stereocenters. The first-order valence-electron chi connectivity index (χ1n) is 7.78. The molecule has 0 aromatic heterocycles. The average molecular weight is 351 g/mol. The lowest BCUT2D eigenvalue weighted by atomic mass is 10.0. The normalized spacial score (nSPS) is 11.7. The van der Waals surface area contributed by atoms with Gasteiger partial charge in [-0.15, -0.1) is 0 Å². The van der Waals surface area contributed by atoms with Crippen LogP contribution in [0.2, 0.25) is 0 Å². The van der Waals surface area contributed by atoms with Crippen molar-refractivity contribution in [2.75, 3.05) is 13.2 Å². The summed E-state index contributed by atoms with van der Waals surface area (Å²) >= 11 is 0. The quantitative estimate of drug-likeness (QED) is 0.775. The number of nitrogens with one attached hydrogen (secondary N) is 1. The van der Waals surface area contributed by atoms with E-state index in [9.17, 15) is 12.8 Å². The lowest BCUT2D eigenvalue weighted by molar-refractivity contribution is 0.322. The van der Waals surface area contributed by atoms with Gasteiger partial charge in [0.25, 0.3) is 0 Å². The second kappa shape index (κ2) is 7.77. The molecule has 0 aliphatic rings. The van der Waals surface area contributed by atoms with Crippen LogP contribution in [0.15, 0.2) is 47.4 Å². The maximum atomic E-state index is 13.2. The van der Waals surface area contributed by atoms with Crippen molar-refractivity contribution >= 4 is 10.0 Å². The molecule has 0 spiro atoms. The number of benzene rings is 2. The van der Waals surface area contributed by atoms with Gasteiger partial charge >= 0.3 is 0 Å². The van der Waals surface area contributed by atoms with Gasteiger partial charge in [0.2, 0.25) is 10.0 Å². The van der Waals surface area contributed by atoms with Gasteiger partial charge < -0.3 is 4.74 Å². The summed E-state index contributed by atoms with van der Waals surface area (Å²) in [5.74, 6) is 0.711. The molecule has 0 amide bonds. The Labute approximate surface area is 142 Å². The van der Waals surface area contributed by atoms with Crippen molar-refractivity contribution in [2.45, 2.75) is 31.6 Å². The largest absolute Gasteiger partial charge is 0.492 e. The summed E-state index contributed by atoms with van der Waals surface area (Å²) in [4.78, 5) is 0.0442. The zero-order chi connectivity index (χ0) is 17.7. The molecule has 0 saturated heterocycles. The predicted octanol–water partition coefficient (Wildman–Crippen LogP) is 3.61. The second-order valence-electron chi connectivity index (χ2n) is 5.88. The summed E-state index contributed by atoms with van der Waals surface area (Å²) in [6, 6.07) is 11.4. The number of hydrogen-bond acceptors (Lipinski definition) is 3. The van der Waals surface area contributed by atoms with Crippen molar-refractivity contribution in [1.82, 2.24) is 4.72 Å². The van der Waals surface area contributed by atoms with Crippen LogP contribution in [-0.2, 0) is 10.0 Å². The van der Waals surface area contributed by atoms with Gasteiger partial charge in [0.1, 0.15) is 18.2 Å². The molecular weight excluding hydrogens is 329 g/mol. The minimum atomic E-state index is -3.67. The molecule has 0 saturated carbocycles. The minimum Gasteiger partial charge on any atom is -0.492 e. The Morgan fingerprint density at radius 3 is 2.38 bits per heavy atom. The van der Waals surface area contributed by atoms with E-state index in [-0.39, 0.29) is 18.0 Å². The van der Waals surface area contributed by atoms with Crippen LogP contribution in [0.1, 0.15) is 30.9 Å². The maximum Gasteiger partial charge on any atom is 0.240 e. The lowest BCUT2D eigenvalue weighted by Gasteiger charge is -2.10. The third-order valence-corrected chi connectivity index (χ3v) is 5.11. The average Bonchev–Trinajstić information content (AvgIpc) is 2.54. The summed E-state index contributed by atoms with van der Waals surface area (Å²) in [5, 5.41) is 0. The number of hydrogen-bond donors (Lipinski definition) is 1. The van der Waals surface area contributed by atoms with Gasteiger partial charge in [-0.25, -0.2) is 17.5 Å². The van der Waals surface area contributed by atoms with Crippen LogP contribution in [0.3, 0.4) is 0 Å². The van der Waals surface area contributed by atoms with Gasteiger partial charge in [-0.1, -0.05) is 26.0 Å². The first kappa shape index (κ1) is 18.4. The number of aryl methyl sites for hydroxylation is 1. The SMILES string of the molecule is Cc1cc(S(=O)(=O)NCCOc2ccc(C(C)C)cc2)ccc1F. The highest BCUT2D eigenvalue weighted by atomic mass is 32.2. The number of ether oxygens (including phenoxy) is 1. The van der Waals surface area contributed by atoms with Crippen molar-refractivity contribution in [3.63, 3.8) is 0 Å². The van der Waals surface area contributed by atoms with Crippen LogP contribution in [0.25, 0.3) is 0 Å². The van der Waals surface area contributed by atoms with E-state index in [1.54, 1.807) is 0 Å². The van der Waals surface area contributed by atoms with Crippen LogP contribution in [-0.4, -0.2) is 21.6 Å². The number of sulfonamides is 1. The van der Waals surface area contributed by atoms with E-state index in [1.807, 2.05) is 24.3 Å². The summed E-state index contributed by atoms with van der Waals surface area (Å²) in [7, 11) is -3.67. The molecule has 4 nitrogen and oxygen atoms in total. The van der Waals surface area contributed by atoms with Crippen molar-refractivity contribution < 1.29 is 17.5 Å². The molecule has 0 fully saturated rings. The van der Waals surface area contributed by atoms with E-state index in [0.29, 0.717) is 17.2 Å². The van der Waals surface area contributed by atoms with E-state index in [0.717, 1.165) is 6.07 Å². The Bertz CT molecular complexity index is 786. The molecule has 0 aliphatic heterocycles. The van der Waals surface area contributed by atoms with E-state index >= 15 is 0 Å². The monoisotopic (exact) mass is 351 g/mol. The first-order chi connectivity index (χ1) is 11.3. The van der Waals surface area contributed by atoms with Gasteiger partial charge in [0.05, 0.1) is 4.90 Å². The molecule has 24 heavy (non-hydrogen) atoms. The lowest BCUT2D eigenvalue weighted by Crippen LogP contribution is -2.28. The van der Waals surface area contributed by atoms with Crippen molar-refractivity contribution in [1.29, 1.82) is 0 Å². The van der Waals surface area contributed by atoms with Crippen LogP contribution in [0.4, 0.5) is 4.39 Å². The smallest absolute Gasteiger partial charge is 0.240 e. The van der Waals surface area contributed by atoms with E-state index < -0.39 is 15.8 Å². The summed E-state index contributed by atoms with van der Waals surface area (Å²) in [6.45, 7) is 6.09. The molecule has 0 heterocycles. The van der Waals surface area contributed by atoms with E-state index in [4.69, 9.17) is 4.74 Å². The Morgan fingerprint density at radius 2 is 1.79 bits per heavy atom. The molecule has 2 aromatic carbocycles. The Hall–Kier alpha value is -1.92. The number of rotatable bonds is 7. The maximum absolute atomic E-state index is 13.2. The highest BCUT2D eigenvalue weighted by Crippen LogP contribution is 2.18. The van der Waals surface area contributed by atoms with Gasteiger partial charge in [-0.2, -0.15) is 0 Å². The van der Waals surface area contributed by atoms with E-state index in [1.165, 1.54) is 24.6 Å². The van der Waals surface area contributed by atoms with Crippen LogP contribution in [0, 0.1) is 12.7 Å². The van der Waals surface area contributed by atoms with Gasteiger partial charge in [-0.3, -0.25) is 0 Å². The van der Waals surface area contributed by atoms with Crippen LogP contribution in [0.5, 0.6) is 5.75 Å². The highest BCUT2D eigenvalue weighted by Gasteiger charge is 2.14. The molecule has 130 valence electrons. The minimum absolute atomic E-state index is 0.0442. The van der Waals surface area contributed by atoms with Crippen molar-refractivity contribution in [3.8, 4) is 5.75 Å². The Kier molecular flexibility index (Phi) is 5.96. The summed E-state index contributed by atoms with van der Waals surface area (Å²) in [6.07, 6.45) is 0. The molecule has 0 aliphatic carbocycles. The molecule has 6 heteroatoms. The van der Waals surface area contributed by atoms with Crippen molar-refractivity contribution in [2.24, 2.45) is 0 Å². The predicted molar refractivity (Wildman–Crippen MR) is 92.4 cm³/mol. The van der Waals surface area contributed by atoms with Crippen LogP contribution < -0.4 is 9.46 Å². The third kappa shape index (κ3) is 4.79. The Balaban J connectivity index is 1.87. The summed E-state index contributed by atoms with van der Waals surface area (Å²) in [5.41, 5.74) is 1.51. The number of halogens is 1. The fourth-order valence-electron chi connectivity index (χ4n) is 2.16. The van der Waals surface area contributed by atoms with Gasteiger partial charge in [0, 0.05) is 6.54 Å². The molecule has 0 unspecified atom stereocenters. The molecule has 0 bridgehead atoms. The molecule has 1 N–H and O–H groups in total. The molecule has 2 aromatic rings. The Morgan fingerprint density at radius 1 is 1.12 bits per heavy atom. The summed E-state index contributed by atoms with van der Waals surface area (Å²) < 4.78 is 45.5. The molecular formula is C18H22FNO3S. The third-order valence-electron chi connectivity index (χ3n) is 3.65. The van der Waals surface area contributed by atoms with Gasteiger partial charge in [0.15, 0.2) is 0 Å². The molecule has 0 radical (unpaired) electrons. The second-order valence-corrected chi connectivity index (χ2v) is 7.65. The fraction of sp³-hybridized carbons (Fsp3) is 0.333. The van der Waals surface area contributed by atoms with Crippen LogP contribution >= 0.6 is 0 Å². The zero-order valence-electron chi connectivity index (χ0n) is 14.0. The van der Waals surface area contributed by atoms with E-state index in [2.05, 4.69) is 18.6 Å². The topological polar surface area (TPSA) is 55.4 Å². The highest BCUT2D eigenvalue weighted by molar-refractivity contribution is 7.89. The fourth-order valence-corrected chi connectivity index (χ4v) is 3.26. The zero-order valence-corrected chi connectivity index (χ0v) is 14.9. The standard InChI is InChI=1S/C18H22FNO3S/c1-13(2)15-4-6-16(7-5-15)23-11-10-20-24(21,22)17-8-9-18(19)14(3)12-17/h4-9,12-13,20H,10-11H2,1-3H3. The van der Waals surface area contributed by atoms with Gasteiger partial charge in [-0.05, 0) is 54.3 Å². The first-order valence-corrected chi connectivity index (χ1v) is 9.26. The molecule has 2 rings (SSSR count). The van der Waals surface area contributed by atoms with Crippen molar-refractivity contribution in [3.05, 3.63) is 59.4 Å².